The molecule has 0 aliphatic carbocycles. The van der Waals surface area contributed by atoms with E-state index in [1.165, 1.54) is 25.5 Å². The Morgan fingerprint density at radius 3 is 2.89 bits per heavy atom. The smallest absolute Gasteiger partial charge is 0.356 e. The average molecular weight is 262 g/mol. The number of nitrogens with zero attached hydrogens (tertiary/aromatic N) is 4. The first-order valence-electron chi connectivity index (χ1n) is 6.73. The van der Waals surface area contributed by atoms with Gasteiger partial charge in [0.1, 0.15) is 0 Å². The minimum atomic E-state index is -1.03. The predicted molar refractivity (Wildman–Crippen MR) is 70.4 cm³/mol. The van der Waals surface area contributed by atoms with Crippen molar-refractivity contribution in [1.29, 1.82) is 0 Å². The van der Waals surface area contributed by atoms with Crippen LogP contribution in [0.1, 0.15) is 30.3 Å². The minimum absolute atomic E-state index is 0.00379. The number of carboxylic acid groups (broad SMARTS) is 1. The van der Waals surface area contributed by atoms with Crippen LogP contribution in [0.15, 0.2) is 12.1 Å². The zero-order chi connectivity index (χ0) is 13.4. The number of fused-ring (bicyclic) bond motifs is 1. The van der Waals surface area contributed by atoms with Gasteiger partial charge in [-0.2, -0.15) is 0 Å². The summed E-state index contributed by atoms with van der Waals surface area (Å²) in [5.74, 6) is -0.253. The first kappa shape index (κ1) is 12.3. The summed E-state index contributed by atoms with van der Waals surface area (Å²) in [6.07, 6.45) is 2.51. The van der Waals surface area contributed by atoms with Crippen molar-refractivity contribution in [2.24, 2.45) is 0 Å². The molecule has 2 atom stereocenters. The van der Waals surface area contributed by atoms with Crippen LogP contribution < -0.4 is 4.90 Å². The Hall–Kier alpha value is -1.69. The molecule has 2 unspecified atom stereocenters. The lowest BCUT2D eigenvalue weighted by Gasteiger charge is -2.42. The molecule has 0 spiro atoms. The second kappa shape index (κ2) is 4.77. The number of aromatic nitrogens is 2. The molecule has 6 nitrogen and oxygen atoms in total. The van der Waals surface area contributed by atoms with E-state index in [1.807, 2.05) is 0 Å². The van der Waals surface area contributed by atoms with Crippen molar-refractivity contribution in [2.75, 3.05) is 24.5 Å². The van der Waals surface area contributed by atoms with E-state index in [2.05, 4.69) is 26.9 Å². The highest BCUT2D eigenvalue weighted by molar-refractivity contribution is 5.85. The summed E-state index contributed by atoms with van der Waals surface area (Å²) < 4.78 is 0. The molecule has 0 saturated carbocycles. The molecule has 1 aromatic heterocycles. The topological polar surface area (TPSA) is 69.6 Å². The van der Waals surface area contributed by atoms with Crippen LogP contribution in [0.2, 0.25) is 0 Å². The second-order valence-electron chi connectivity index (χ2n) is 5.37. The van der Waals surface area contributed by atoms with Crippen molar-refractivity contribution >= 4 is 11.8 Å². The fraction of sp³-hybridized carbons (Fsp3) is 0.615. The van der Waals surface area contributed by atoms with Crippen LogP contribution in [0, 0.1) is 0 Å². The van der Waals surface area contributed by atoms with Crippen LogP contribution in [-0.2, 0) is 0 Å². The summed E-state index contributed by atoms with van der Waals surface area (Å²) in [4.78, 5) is 15.6. The predicted octanol–water partition coefficient (Wildman–Crippen LogP) is 0.848. The number of hydrogen-bond acceptors (Lipinski definition) is 5. The molecular formula is C13H18N4O2. The SMILES string of the molecule is CC1CN2CCCC2CN1c1ccc(C(=O)O)nn1. The minimum Gasteiger partial charge on any atom is -0.476 e. The molecule has 19 heavy (non-hydrogen) atoms. The maximum absolute atomic E-state index is 10.8. The van der Waals surface area contributed by atoms with Crippen molar-refractivity contribution in [3.63, 3.8) is 0 Å². The van der Waals surface area contributed by atoms with Gasteiger partial charge in [0, 0.05) is 25.2 Å². The van der Waals surface area contributed by atoms with E-state index in [1.54, 1.807) is 6.07 Å². The zero-order valence-electron chi connectivity index (χ0n) is 11.0. The number of piperazine rings is 1. The van der Waals surface area contributed by atoms with Gasteiger partial charge in [0.05, 0.1) is 0 Å². The van der Waals surface area contributed by atoms with Crippen LogP contribution in [0.5, 0.6) is 0 Å². The Balaban J connectivity index is 1.79. The number of carboxylic acids is 1. The van der Waals surface area contributed by atoms with E-state index in [0.29, 0.717) is 12.1 Å². The van der Waals surface area contributed by atoms with Gasteiger partial charge in [0.15, 0.2) is 11.5 Å². The second-order valence-corrected chi connectivity index (χ2v) is 5.37. The van der Waals surface area contributed by atoms with E-state index in [9.17, 15) is 4.79 Å². The summed E-state index contributed by atoms with van der Waals surface area (Å²) in [5, 5.41) is 16.7. The average Bonchev–Trinajstić information content (AvgIpc) is 2.85. The molecule has 3 heterocycles. The molecule has 1 aromatic rings. The molecule has 102 valence electrons. The number of aromatic carboxylic acids is 1. The third-order valence-electron chi connectivity index (χ3n) is 4.10. The summed E-state index contributed by atoms with van der Waals surface area (Å²) in [5.41, 5.74) is -0.00379. The fourth-order valence-corrected chi connectivity index (χ4v) is 3.10. The van der Waals surface area contributed by atoms with Crippen LogP contribution in [0.4, 0.5) is 5.82 Å². The Kier molecular flexibility index (Phi) is 3.10. The van der Waals surface area contributed by atoms with Crippen molar-refractivity contribution in [3.05, 3.63) is 17.8 Å². The molecule has 3 rings (SSSR count). The maximum atomic E-state index is 10.8. The van der Waals surface area contributed by atoms with Gasteiger partial charge in [-0.25, -0.2) is 4.79 Å². The van der Waals surface area contributed by atoms with Crippen LogP contribution >= 0.6 is 0 Å². The highest BCUT2D eigenvalue weighted by Gasteiger charge is 2.34. The Morgan fingerprint density at radius 2 is 2.21 bits per heavy atom. The van der Waals surface area contributed by atoms with Gasteiger partial charge in [0.25, 0.3) is 0 Å². The highest BCUT2D eigenvalue weighted by Crippen LogP contribution is 2.27. The van der Waals surface area contributed by atoms with Gasteiger partial charge in [-0.05, 0) is 38.4 Å². The standard InChI is InChI=1S/C13H18N4O2/c1-9-7-16-6-2-3-10(16)8-17(9)12-5-4-11(13(18)19)14-15-12/h4-5,9-10H,2-3,6-8H2,1H3,(H,18,19). The lowest BCUT2D eigenvalue weighted by molar-refractivity contribution is 0.0689. The first-order valence-corrected chi connectivity index (χ1v) is 6.73. The van der Waals surface area contributed by atoms with E-state index < -0.39 is 5.97 Å². The summed E-state index contributed by atoms with van der Waals surface area (Å²) in [6.45, 7) is 5.39. The van der Waals surface area contributed by atoms with Gasteiger partial charge in [-0.15, -0.1) is 10.2 Å². The van der Waals surface area contributed by atoms with E-state index >= 15 is 0 Å². The zero-order valence-corrected chi connectivity index (χ0v) is 11.0. The Bertz CT molecular complexity index is 476. The lowest BCUT2D eigenvalue weighted by Crippen LogP contribution is -2.55. The van der Waals surface area contributed by atoms with Gasteiger partial charge < -0.3 is 10.0 Å². The third kappa shape index (κ3) is 2.28. The monoisotopic (exact) mass is 262 g/mol. The summed E-state index contributed by atoms with van der Waals surface area (Å²) >= 11 is 0. The normalized spacial score (nSPS) is 27.3. The van der Waals surface area contributed by atoms with Gasteiger partial charge >= 0.3 is 5.97 Å². The molecule has 0 amide bonds. The van der Waals surface area contributed by atoms with Crippen LogP contribution in [-0.4, -0.2) is 57.9 Å². The molecule has 0 bridgehead atoms. The third-order valence-corrected chi connectivity index (χ3v) is 4.10. The molecule has 0 aromatic carbocycles. The van der Waals surface area contributed by atoms with E-state index in [0.717, 1.165) is 18.9 Å². The van der Waals surface area contributed by atoms with Crippen molar-refractivity contribution < 1.29 is 9.90 Å². The molecular weight excluding hydrogens is 244 g/mol. The van der Waals surface area contributed by atoms with Gasteiger partial charge in [-0.1, -0.05) is 0 Å². The number of carbonyl (C=O) groups is 1. The molecule has 2 aliphatic rings. The molecule has 6 heteroatoms. The quantitative estimate of drug-likeness (QED) is 0.852. The number of hydrogen-bond donors (Lipinski definition) is 1. The van der Waals surface area contributed by atoms with Crippen molar-refractivity contribution in [3.8, 4) is 0 Å². The highest BCUT2D eigenvalue weighted by atomic mass is 16.4. The Labute approximate surface area is 112 Å². The first-order chi connectivity index (χ1) is 9.15. The van der Waals surface area contributed by atoms with Gasteiger partial charge in [-0.3, -0.25) is 4.90 Å². The lowest BCUT2D eigenvalue weighted by atomic mass is 10.1. The van der Waals surface area contributed by atoms with Crippen LogP contribution in [0.3, 0.4) is 0 Å². The van der Waals surface area contributed by atoms with E-state index in [4.69, 9.17) is 5.11 Å². The summed E-state index contributed by atoms with van der Waals surface area (Å²) in [7, 11) is 0. The summed E-state index contributed by atoms with van der Waals surface area (Å²) in [6, 6.07) is 4.28. The van der Waals surface area contributed by atoms with Crippen molar-refractivity contribution in [1.82, 2.24) is 15.1 Å². The Morgan fingerprint density at radius 1 is 1.37 bits per heavy atom. The molecule has 2 fully saturated rings. The molecule has 2 aliphatic heterocycles. The molecule has 2 saturated heterocycles. The fourth-order valence-electron chi connectivity index (χ4n) is 3.10. The van der Waals surface area contributed by atoms with Gasteiger partial charge in [0.2, 0.25) is 0 Å². The molecule has 0 radical (unpaired) electrons. The molecule has 1 N–H and O–H groups in total. The maximum Gasteiger partial charge on any atom is 0.356 e. The number of anilines is 1. The number of rotatable bonds is 2. The van der Waals surface area contributed by atoms with Crippen molar-refractivity contribution in [2.45, 2.75) is 31.8 Å². The van der Waals surface area contributed by atoms with E-state index in [-0.39, 0.29) is 5.69 Å². The largest absolute Gasteiger partial charge is 0.476 e. The van der Waals surface area contributed by atoms with Crippen LogP contribution in [0.25, 0.3) is 0 Å².